The molecule has 2 heterocycles. The molecular formula is C16H12BrN3O5S2. The lowest BCUT2D eigenvalue weighted by Crippen LogP contribution is -2.23. The molecule has 0 aliphatic carbocycles. The summed E-state index contributed by atoms with van der Waals surface area (Å²) in [5.41, 5.74) is 0.736. The minimum Gasteiger partial charge on any atom is -0.465 e. The average molecular weight is 470 g/mol. The van der Waals surface area contributed by atoms with Gasteiger partial charge in [-0.15, -0.1) is 0 Å². The van der Waals surface area contributed by atoms with Gasteiger partial charge in [0.05, 0.1) is 21.7 Å². The molecule has 0 fully saturated rings. The predicted octanol–water partition coefficient (Wildman–Crippen LogP) is 3.74. The molecule has 0 atom stereocenters. The molecule has 3 rings (SSSR count). The highest BCUT2D eigenvalue weighted by molar-refractivity contribution is 9.10. The van der Waals surface area contributed by atoms with Gasteiger partial charge in [-0.25, -0.2) is 0 Å². The molecule has 0 radical (unpaired) electrons. The van der Waals surface area contributed by atoms with Gasteiger partial charge in [-0.05, 0) is 31.2 Å². The van der Waals surface area contributed by atoms with Crippen LogP contribution in [-0.4, -0.2) is 28.0 Å². The van der Waals surface area contributed by atoms with E-state index in [-0.39, 0.29) is 23.0 Å². The minimum absolute atomic E-state index is 0.0911. The second-order valence-electron chi connectivity index (χ2n) is 5.20. The Morgan fingerprint density at radius 2 is 2.07 bits per heavy atom. The Labute approximate surface area is 169 Å². The Balaban J connectivity index is 2.07. The second kappa shape index (κ2) is 8.11. The molecule has 27 heavy (non-hydrogen) atoms. The number of nitrogens with zero attached hydrogens (tertiary/aromatic N) is 3. The van der Waals surface area contributed by atoms with Gasteiger partial charge in [-0.1, -0.05) is 38.6 Å². The number of hydrogen-bond acceptors (Lipinski definition) is 7. The highest BCUT2D eigenvalue weighted by Crippen LogP contribution is 2.25. The highest BCUT2D eigenvalue weighted by Gasteiger charge is 2.17. The van der Waals surface area contributed by atoms with Crippen molar-refractivity contribution < 1.29 is 19.2 Å². The fourth-order valence-corrected chi connectivity index (χ4v) is 4.59. The summed E-state index contributed by atoms with van der Waals surface area (Å²) in [4.78, 5) is 39.2. The number of benzene rings is 1. The van der Waals surface area contributed by atoms with Gasteiger partial charge in [-0.2, -0.15) is 4.99 Å². The van der Waals surface area contributed by atoms with Crippen molar-refractivity contribution in [2.24, 2.45) is 4.99 Å². The lowest BCUT2D eigenvalue weighted by atomic mass is 10.3. The summed E-state index contributed by atoms with van der Waals surface area (Å²) in [7, 11) is 0. The molecule has 8 nitrogen and oxygen atoms in total. The van der Waals surface area contributed by atoms with Crippen LogP contribution >= 0.6 is 38.6 Å². The van der Waals surface area contributed by atoms with E-state index in [4.69, 9.17) is 4.74 Å². The number of thiophene rings is 1. The van der Waals surface area contributed by atoms with E-state index in [1.54, 1.807) is 11.5 Å². The Morgan fingerprint density at radius 3 is 2.74 bits per heavy atom. The van der Waals surface area contributed by atoms with Crippen molar-refractivity contribution in [2.45, 2.75) is 13.5 Å². The van der Waals surface area contributed by atoms with Crippen molar-refractivity contribution in [1.82, 2.24) is 4.57 Å². The molecule has 0 saturated carbocycles. The third kappa shape index (κ3) is 4.31. The molecular weight excluding hydrogens is 458 g/mol. The van der Waals surface area contributed by atoms with Gasteiger partial charge in [-0.3, -0.25) is 19.7 Å². The monoisotopic (exact) mass is 469 g/mol. The molecule has 140 valence electrons. The summed E-state index contributed by atoms with van der Waals surface area (Å²) in [6.45, 7) is 1.87. The molecule has 0 saturated heterocycles. The third-order valence-electron chi connectivity index (χ3n) is 3.42. The SMILES string of the molecule is CCOC(=O)Cn1c(=NC(=O)c2ccc([N+](=O)[O-])s2)sc2cc(Br)ccc21. The number of halogens is 1. The van der Waals surface area contributed by atoms with Crippen LogP contribution in [0.3, 0.4) is 0 Å². The summed E-state index contributed by atoms with van der Waals surface area (Å²) in [6, 6.07) is 8.14. The first-order chi connectivity index (χ1) is 12.9. The molecule has 0 aliphatic rings. The number of carbonyl (C=O) groups is 2. The first-order valence-electron chi connectivity index (χ1n) is 7.67. The standard InChI is InChI=1S/C16H12BrN3O5S2/c1-2-25-14(21)8-19-10-4-3-9(17)7-12(10)27-16(19)18-15(22)11-5-6-13(26-11)20(23)24/h3-7H,2,8H2,1H3. The zero-order valence-electron chi connectivity index (χ0n) is 13.9. The van der Waals surface area contributed by atoms with Crippen molar-refractivity contribution in [3.8, 4) is 0 Å². The summed E-state index contributed by atoms with van der Waals surface area (Å²) >= 11 is 5.39. The number of thiazole rings is 1. The Bertz CT molecular complexity index is 1110. The molecule has 11 heteroatoms. The fourth-order valence-electron chi connectivity index (χ4n) is 2.30. The van der Waals surface area contributed by atoms with Crippen LogP contribution in [0, 0.1) is 10.1 Å². The van der Waals surface area contributed by atoms with E-state index in [0.29, 0.717) is 4.80 Å². The van der Waals surface area contributed by atoms with Crippen molar-refractivity contribution >= 4 is 65.7 Å². The molecule has 0 N–H and O–H groups in total. The normalized spacial score (nSPS) is 11.7. The zero-order valence-corrected chi connectivity index (χ0v) is 17.1. The van der Waals surface area contributed by atoms with Crippen LogP contribution in [-0.2, 0) is 16.1 Å². The average Bonchev–Trinajstić information content (AvgIpc) is 3.21. The minimum atomic E-state index is -0.601. The van der Waals surface area contributed by atoms with Crippen LogP contribution < -0.4 is 4.80 Å². The first-order valence-corrected chi connectivity index (χ1v) is 10.1. The smallest absolute Gasteiger partial charge is 0.326 e. The van der Waals surface area contributed by atoms with E-state index < -0.39 is 16.8 Å². The predicted molar refractivity (Wildman–Crippen MR) is 105 cm³/mol. The Kier molecular flexibility index (Phi) is 5.82. The van der Waals surface area contributed by atoms with Gasteiger partial charge in [0.1, 0.15) is 11.4 Å². The van der Waals surface area contributed by atoms with Crippen LogP contribution in [0.15, 0.2) is 39.8 Å². The summed E-state index contributed by atoms with van der Waals surface area (Å²) in [5, 5.41) is 10.7. The quantitative estimate of drug-likeness (QED) is 0.321. The maximum Gasteiger partial charge on any atom is 0.326 e. The molecule has 3 aromatic rings. The molecule has 0 spiro atoms. The van der Waals surface area contributed by atoms with Crippen LogP contribution in [0.4, 0.5) is 5.00 Å². The molecule has 2 aromatic heterocycles. The maximum absolute atomic E-state index is 12.4. The van der Waals surface area contributed by atoms with Crippen molar-refractivity contribution in [3.05, 3.63) is 54.6 Å². The zero-order chi connectivity index (χ0) is 19.6. The lowest BCUT2D eigenvalue weighted by molar-refractivity contribution is -0.380. The van der Waals surface area contributed by atoms with Crippen molar-refractivity contribution in [2.75, 3.05) is 6.61 Å². The summed E-state index contributed by atoms with van der Waals surface area (Å²) < 4.78 is 8.28. The van der Waals surface area contributed by atoms with E-state index in [1.165, 1.54) is 23.5 Å². The maximum atomic E-state index is 12.4. The number of hydrogen-bond donors (Lipinski definition) is 0. The van der Waals surface area contributed by atoms with E-state index in [1.807, 2.05) is 18.2 Å². The molecule has 1 amide bonds. The first kappa shape index (κ1) is 19.4. The number of fused-ring (bicyclic) bond motifs is 1. The number of aromatic nitrogens is 1. The number of rotatable bonds is 5. The van der Waals surface area contributed by atoms with E-state index >= 15 is 0 Å². The number of esters is 1. The third-order valence-corrected chi connectivity index (χ3v) is 5.98. The van der Waals surface area contributed by atoms with Gasteiger partial charge < -0.3 is 9.30 Å². The number of amides is 1. The van der Waals surface area contributed by atoms with Crippen LogP contribution in [0.5, 0.6) is 0 Å². The fraction of sp³-hybridized carbons (Fsp3) is 0.188. The van der Waals surface area contributed by atoms with Gasteiger partial charge in [0.15, 0.2) is 4.80 Å². The molecule has 1 aromatic carbocycles. The highest BCUT2D eigenvalue weighted by atomic mass is 79.9. The largest absolute Gasteiger partial charge is 0.465 e. The van der Waals surface area contributed by atoms with Gasteiger partial charge >= 0.3 is 11.0 Å². The van der Waals surface area contributed by atoms with Gasteiger partial charge in [0, 0.05) is 10.5 Å². The number of nitro groups is 1. The van der Waals surface area contributed by atoms with E-state index in [0.717, 1.165) is 26.0 Å². The van der Waals surface area contributed by atoms with Crippen molar-refractivity contribution in [3.63, 3.8) is 0 Å². The molecule has 0 aliphatic heterocycles. The van der Waals surface area contributed by atoms with E-state index in [2.05, 4.69) is 20.9 Å². The van der Waals surface area contributed by atoms with Gasteiger partial charge in [0.2, 0.25) is 0 Å². The summed E-state index contributed by atoms with van der Waals surface area (Å²) in [6.07, 6.45) is 0. The molecule has 0 unspecified atom stereocenters. The van der Waals surface area contributed by atoms with E-state index in [9.17, 15) is 19.7 Å². The second-order valence-corrected chi connectivity index (χ2v) is 8.19. The van der Waals surface area contributed by atoms with Crippen LogP contribution in [0.25, 0.3) is 10.2 Å². The Hall–Kier alpha value is -2.37. The molecule has 0 bridgehead atoms. The Morgan fingerprint density at radius 1 is 1.30 bits per heavy atom. The van der Waals surface area contributed by atoms with Gasteiger partial charge in [0.25, 0.3) is 5.91 Å². The summed E-state index contributed by atoms with van der Waals surface area (Å²) in [5.74, 6) is -1.04. The van der Waals surface area contributed by atoms with Crippen LogP contribution in [0.1, 0.15) is 16.6 Å². The number of carbonyl (C=O) groups excluding carboxylic acids is 2. The topological polar surface area (TPSA) is 104 Å². The van der Waals surface area contributed by atoms with Crippen LogP contribution in [0.2, 0.25) is 0 Å². The number of ether oxygens (including phenoxy) is 1. The lowest BCUT2D eigenvalue weighted by Gasteiger charge is -2.05. The van der Waals surface area contributed by atoms with Crippen molar-refractivity contribution in [1.29, 1.82) is 0 Å².